The van der Waals surface area contributed by atoms with Crippen molar-refractivity contribution < 1.29 is 32.2 Å². The van der Waals surface area contributed by atoms with Crippen LogP contribution in [0.3, 0.4) is 0 Å². The number of hydrogen-bond donors (Lipinski definition) is 2. The van der Waals surface area contributed by atoms with Gasteiger partial charge in [0.2, 0.25) is 11.8 Å². The highest BCUT2D eigenvalue weighted by molar-refractivity contribution is 5.94. The third-order valence-electron chi connectivity index (χ3n) is 8.45. The molecule has 3 fully saturated rings. The highest BCUT2D eigenvalue weighted by atomic mass is 19.3. The third kappa shape index (κ3) is 4.85. The van der Waals surface area contributed by atoms with Gasteiger partial charge in [-0.2, -0.15) is 5.10 Å². The Morgan fingerprint density at radius 2 is 1.82 bits per heavy atom. The minimum atomic E-state index is -2.56. The van der Waals surface area contributed by atoms with E-state index in [4.69, 9.17) is 9.47 Å². The molecule has 2 bridgehead atoms. The number of aromatic amines is 1. The molecule has 2 amide bonds. The first kappa shape index (κ1) is 26.5. The van der Waals surface area contributed by atoms with Crippen molar-refractivity contribution in [2.75, 3.05) is 14.2 Å². The molecule has 38 heavy (non-hydrogen) atoms. The molecule has 0 spiro atoms. The van der Waals surface area contributed by atoms with E-state index in [1.54, 1.807) is 0 Å². The number of rotatable bonds is 7. The van der Waals surface area contributed by atoms with E-state index < -0.39 is 17.8 Å². The van der Waals surface area contributed by atoms with Crippen LogP contribution in [0, 0.1) is 11.7 Å². The number of fused-ring (bicyclic) bond motifs is 2. The average molecular weight is 536 g/mol. The molecule has 2 aromatic rings. The molecule has 2 saturated heterocycles. The van der Waals surface area contributed by atoms with Crippen LogP contribution in [0.25, 0.3) is 11.3 Å². The maximum absolute atomic E-state index is 14.3. The molecule has 206 valence electrons. The van der Waals surface area contributed by atoms with Gasteiger partial charge in [-0.1, -0.05) is 0 Å². The fraction of sp³-hybridized carbons (Fsp3) is 0.615. The van der Waals surface area contributed by atoms with Gasteiger partial charge in [-0.05, 0) is 57.4 Å². The van der Waals surface area contributed by atoms with Crippen LogP contribution < -0.4 is 10.1 Å². The lowest BCUT2D eigenvalue weighted by molar-refractivity contribution is -0.145. The van der Waals surface area contributed by atoms with Crippen molar-refractivity contribution in [2.24, 2.45) is 5.92 Å². The SMILES string of the molecule is COc1cc(-c2cc(C(=O)N3[C@@H]4CC[C@H]3C[C@H](C(=O)N[C@H]3CC[C@](OC)(C(F)F)CC3)C4)n[nH]2)c(F)cn1. The Labute approximate surface area is 218 Å². The second-order valence-electron chi connectivity index (χ2n) is 10.5. The predicted octanol–water partition coefficient (Wildman–Crippen LogP) is 3.71. The zero-order valence-electron chi connectivity index (χ0n) is 21.4. The lowest BCUT2D eigenvalue weighted by atomic mass is 9.81. The van der Waals surface area contributed by atoms with Crippen LogP contribution in [0.2, 0.25) is 0 Å². The lowest BCUT2D eigenvalue weighted by Crippen LogP contribution is -2.52. The third-order valence-corrected chi connectivity index (χ3v) is 8.45. The van der Waals surface area contributed by atoms with Crippen molar-refractivity contribution in [1.82, 2.24) is 25.4 Å². The van der Waals surface area contributed by atoms with Crippen LogP contribution in [0.5, 0.6) is 5.88 Å². The number of pyridine rings is 1. The molecule has 2 N–H and O–H groups in total. The Bertz CT molecular complexity index is 1170. The molecular formula is C26H32F3N5O4. The van der Waals surface area contributed by atoms with E-state index in [1.165, 1.54) is 26.4 Å². The van der Waals surface area contributed by atoms with E-state index in [-0.39, 0.29) is 65.8 Å². The molecule has 3 aliphatic rings. The summed E-state index contributed by atoms with van der Waals surface area (Å²) in [6.07, 6.45) is 2.44. The van der Waals surface area contributed by atoms with E-state index in [2.05, 4.69) is 20.5 Å². The topological polar surface area (TPSA) is 109 Å². The first-order valence-electron chi connectivity index (χ1n) is 13.0. The fourth-order valence-electron chi connectivity index (χ4n) is 6.24. The summed E-state index contributed by atoms with van der Waals surface area (Å²) in [5.74, 6) is -0.905. The zero-order chi connectivity index (χ0) is 27.0. The molecule has 1 saturated carbocycles. The summed E-state index contributed by atoms with van der Waals surface area (Å²) in [6.45, 7) is 0. The van der Waals surface area contributed by atoms with Gasteiger partial charge < -0.3 is 19.7 Å². The molecule has 0 unspecified atom stereocenters. The van der Waals surface area contributed by atoms with Crippen LogP contribution in [-0.4, -0.2) is 76.3 Å². The molecule has 0 radical (unpaired) electrons. The quantitative estimate of drug-likeness (QED) is 0.560. The number of alkyl halides is 2. The second kappa shape index (κ2) is 10.5. The summed E-state index contributed by atoms with van der Waals surface area (Å²) < 4.78 is 51.4. The number of piperidine rings is 1. The fourth-order valence-corrected chi connectivity index (χ4v) is 6.24. The highest BCUT2D eigenvalue weighted by Crippen LogP contribution is 2.41. The van der Waals surface area contributed by atoms with Gasteiger partial charge in [-0.25, -0.2) is 18.2 Å². The van der Waals surface area contributed by atoms with Crippen LogP contribution in [0.1, 0.15) is 61.9 Å². The van der Waals surface area contributed by atoms with Crippen molar-refractivity contribution in [3.8, 4) is 17.1 Å². The predicted molar refractivity (Wildman–Crippen MR) is 130 cm³/mol. The minimum Gasteiger partial charge on any atom is -0.481 e. The van der Waals surface area contributed by atoms with Crippen molar-refractivity contribution in [3.63, 3.8) is 0 Å². The highest BCUT2D eigenvalue weighted by Gasteiger charge is 2.47. The second-order valence-corrected chi connectivity index (χ2v) is 10.5. The van der Waals surface area contributed by atoms with Crippen LogP contribution in [-0.2, 0) is 9.53 Å². The number of carbonyl (C=O) groups excluding carboxylic acids is 2. The number of nitrogens with zero attached hydrogens (tertiary/aromatic N) is 3. The Morgan fingerprint density at radius 1 is 1.13 bits per heavy atom. The standard InChI is InChI=1S/C26H32F3N5O4/c1-37-22-11-18(19(27)13-30-22)20-12-21(33-32-20)24(36)34-16-3-4-17(34)10-14(9-16)23(35)31-15-5-7-26(38-2,8-6-15)25(28)29/h11-17,25H,3-10H2,1-2H3,(H,31,35)(H,32,33)/t14-,15-,16-,17+,26+. The van der Waals surface area contributed by atoms with Crippen LogP contribution >= 0.6 is 0 Å². The Kier molecular flexibility index (Phi) is 7.34. The average Bonchev–Trinajstić information content (AvgIpc) is 3.51. The van der Waals surface area contributed by atoms with Crippen molar-refractivity contribution in [3.05, 3.63) is 29.8 Å². The monoisotopic (exact) mass is 535 g/mol. The molecule has 3 atom stereocenters. The number of H-pyrrole nitrogens is 1. The van der Waals surface area contributed by atoms with E-state index in [0.717, 1.165) is 19.0 Å². The smallest absolute Gasteiger partial charge is 0.274 e. The van der Waals surface area contributed by atoms with Crippen molar-refractivity contribution >= 4 is 11.8 Å². The Hall–Kier alpha value is -3.15. The van der Waals surface area contributed by atoms with Gasteiger partial charge in [0.1, 0.15) is 5.60 Å². The number of nitrogens with one attached hydrogen (secondary N) is 2. The molecule has 4 heterocycles. The number of ether oxygens (including phenoxy) is 2. The van der Waals surface area contributed by atoms with Gasteiger partial charge in [0.15, 0.2) is 11.5 Å². The molecule has 2 aromatic heterocycles. The molecule has 2 aliphatic heterocycles. The molecule has 1 aliphatic carbocycles. The Balaban J connectivity index is 1.20. The number of halogens is 3. The van der Waals surface area contributed by atoms with Gasteiger partial charge in [0.05, 0.1) is 19.0 Å². The van der Waals surface area contributed by atoms with Crippen LogP contribution in [0.4, 0.5) is 13.2 Å². The van der Waals surface area contributed by atoms with E-state index in [9.17, 15) is 22.8 Å². The number of amides is 2. The first-order valence-corrected chi connectivity index (χ1v) is 13.0. The summed E-state index contributed by atoms with van der Waals surface area (Å²) in [5.41, 5.74) is -0.712. The summed E-state index contributed by atoms with van der Waals surface area (Å²) in [5, 5.41) is 9.93. The van der Waals surface area contributed by atoms with E-state index in [1.807, 2.05) is 4.90 Å². The molecule has 5 rings (SSSR count). The minimum absolute atomic E-state index is 0.0786. The van der Waals surface area contributed by atoms with E-state index >= 15 is 0 Å². The largest absolute Gasteiger partial charge is 0.481 e. The molecule has 0 aromatic carbocycles. The lowest BCUT2D eigenvalue weighted by Gasteiger charge is -2.40. The first-order chi connectivity index (χ1) is 18.2. The summed E-state index contributed by atoms with van der Waals surface area (Å²) in [7, 11) is 2.74. The summed E-state index contributed by atoms with van der Waals surface area (Å²) >= 11 is 0. The van der Waals surface area contributed by atoms with Crippen molar-refractivity contribution in [2.45, 2.75) is 81.5 Å². The maximum atomic E-state index is 14.3. The molecule has 12 heteroatoms. The van der Waals surface area contributed by atoms with Gasteiger partial charge in [0.25, 0.3) is 12.3 Å². The van der Waals surface area contributed by atoms with E-state index in [0.29, 0.717) is 31.4 Å². The number of aromatic nitrogens is 3. The zero-order valence-corrected chi connectivity index (χ0v) is 21.4. The summed E-state index contributed by atoms with van der Waals surface area (Å²) in [6, 6.07) is 2.60. The van der Waals surface area contributed by atoms with Gasteiger partial charge >= 0.3 is 0 Å². The molecular weight excluding hydrogens is 503 g/mol. The Morgan fingerprint density at radius 3 is 2.42 bits per heavy atom. The number of hydrogen-bond acceptors (Lipinski definition) is 6. The summed E-state index contributed by atoms with van der Waals surface area (Å²) in [4.78, 5) is 32.1. The normalized spacial score (nSPS) is 28.9. The molecule has 9 nitrogen and oxygen atoms in total. The van der Waals surface area contributed by atoms with Gasteiger partial charge in [-0.3, -0.25) is 14.7 Å². The number of methoxy groups -OCH3 is 2. The number of carbonyl (C=O) groups is 2. The van der Waals surface area contributed by atoms with Gasteiger partial charge in [0, 0.05) is 42.8 Å². The van der Waals surface area contributed by atoms with Crippen molar-refractivity contribution in [1.29, 1.82) is 0 Å². The van der Waals surface area contributed by atoms with Crippen LogP contribution in [0.15, 0.2) is 18.3 Å². The maximum Gasteiger partial charge on any atom is 0.274 e. The van der Waals surface area contributed by atoms with Gasteiger partial charge in [-0.15, -0.1) is 0 Å².